The predicted molar refractivity (Wildman–Crippen MR) is 85.1 cm³/mol. The molecule has 0 saturated heterocycles. The van der Waals surface area contributed by atoms with Gasteiger partial charge in [-0.2, -0.15) is 0 Å². The Bertz CT molecular complexity index is 610. The van der Waals surface area contributed by atoms with Crippen LogP contribution in [0.1, 0.15) is 24.5 Å². The zero-order chi connectivity index (χ0) is 15.2. The number of benzene rings is 2. The third-order valence-corrected chi connectivity index (χ3v) is 3.45. The molecule has 0 spiro atoms. The van der Waals surface area contributed by atoms with E-state index >= 15 is 0 Å². The molecule has 112 valence electrons. The zero-order valence-corrected chi connectivity index (χ0v) is 12.9. The van der Waals surface area contributed by atoms with Gasteiger partial charge < -0.3 is 10.1 Å². The molecule has 0 radical (unpaired) electrons. The average Bonchev–Trinajstić information content (AvgIpc) is 2.48. The summed E-state index contributed by atoms with van der Waals surface area (Å²) in [5, 5.41) is 3.33. The van der Waals surface area contributed by atoms with E-state index in [0.29, 0.717) is 6.54 Å². The Morgan fingerprint density at radius 2 is 1.90 bits per heavy atom. The molecule has 0 aliphatic heterocycles. The molecule has 21 heavy (non-hydrogen) atoms. The summed E-state index contributed by atoms with van der Waals surface area (Å²) in [7, 11) is 1.66. The highest BCUT2D eigenvalue weighted by Gasteiger charge is 2.11. The van der Waals surface area contributed by atoms with Crippen molar-refractivity contribution in [3.8, 4) is 16.9 Å². The Morgan fingerprint density at radius 3 is 2.62 bits per heavy atom. The van der Waals surface area contributed by atoms with Gasteiger partial charge in [-0.3, -0.25) is 0 Å². The fourth-order valence-corrected chi connectivity index (χ4v) is 2.40. The Balaban J connectivity index is 2.45. The molecule has 0 saturated carbocycles. The molecule has 0 aliphatic carbocycles. The lowest BCUT2D eigenvalue weighted by molar-refractivity contribution is 0.416. The lowest BCUT2D eigenvalue weighted by atomic mass is 9.97. The van der Waals surface area contributed by atoms with Gasteiger partial charge in [-0.15, -0.1) is 0 Å². The summed E-state index contributed by atoms with van der Waals surface area (Å²) in [5.41, 5.74) is 4.13. The van der Waals surface area contributed by atoms with Crippen molar-refractivity contribution < 1.29 is 9.13 Å². The fraction of sp³-hybridized carbons (Fsp3) is 0.333. The van der Waals surface area contributed by atoms with Crippen LogP contribution in [-0.4, -0.2) is 13.7 Å². The Hall–Kier alpha value is -1.87. The molecule has 0 aromatic heterocycles. The summed E-state index contributed by atoms with van der Waals surface area (Å²) in [5.74, 6) is 0.600. The van der Waals surface area contributed by atoms with E-state index in [-0.39, 0.29) is 5.82 Å². The molecule has 0 amide bonds. The van der Waals surface area contributed by atoms with E-state index in [2.05, 4.69) is 18.3 Å². The molecule has 0 heterocycles. The van der Waals surface area contributed by atoms with Gasteiger partial charge in [0.15, 0.2) is 0 Å². The average molecular weight is 287 g/mol. The van der Waals surface area contributed by atoms with Crippen molar-refractivity contribution in [1.82, 2.24) is 5.32 Å². The lowest BCUT2D eigenvalue weighted by Crippen LogP contribution is -2.14. The summed E-state index contributed by atoms with van der Waals surface area (Å²) >= 11 is 0. The summed E-state index contributed by atoms with van der Waals surface area (Å²) in [6.45, 7) is 5.73. The van der Waals surface area contributed by atoms with Crippen molar-refractivity contribution in [2.45, 2.75) is 26.8 Å². The first-order chi connectivity index (χ1) is 10.2. The van der Waals surface area contributed by atoms with E-state index in [9.17, 15) is 4.39 Å². The molecule has 2 rings (SSSR count). The van der Waals surface area contributed by atoms with Crippen molar-refractivity contribution in [3.63, 3.8) is 0 Å². The van der Waals surface area contributed by atoms with Gasteiger partial charge in [0.25, 0.3) is 0 Å². The van der Waals surface area contributed by atoms with Crippen LogP contribution in [0.2, 0.25) is 0 Å². The lowest BCUT2D eigenvalue weighted by Gasteiger charge is -2.14. The molecule has 0 fully saturated rings. The third-order valence-electron chi connectivity index (χ3n) is 3.45. The van der Waals surface area contributed by atoms with Gasteiger partial charge in [-0.1, -0.05) is 24.6 Å². The molecular weight excluding hydrogens is 265 g/mol. The van der Waals surface area contributed by atoms with Crippen LogP contribution >= 0.6 is 0 Å². The van der Waals surface area contributed by atoms with Crippen LogP contribution in [0.15, 0.2) is 36.4 Å². The summed E-state index contributed by atoms with van der Waals surface area (Å²) in [6, 6.07) is 11.0. The molecule has 0 aliphatic rings. The zero-order valence-electron chi connectivity index (χ0n) is 12.9. The maximum atomic E-state index is 13.6. The maximum Gasteiger partial charge on any atom is 0.126 e. The first-order valence-corrected chi connectivity index (χ1v) is 7.30. The number of methoxy groups -OCH3 is 1. The Kier molecular flexibility index (Phi) is 5.34. The number of rotatable bonds is 6. The smallest absolute Gasteiger partial charge is 0.126 e. The highest BCUT2D eigenvalue weighted by Crippen LogP contribution is 2.33. The quantitative estimate of drug-likeness (QED) is 0.799. The second-order valence-electron chi connectivity index (χ2n) is 5.18. The van der Waals surface area contributed by atoms with E-state index in [4.69, 9.17) is 4.74 Å². The minimum absolute atomic E-state index is 0.210. The van der Waals surface area contributed by atoms with Gasteiger partial charge in [0.2, 0.25) is 0 Å². The minimum Gasteiger partial charge on any atom is -0.496 e. The number of aryl methyl sites for hydroxylation is 1. The molecule has 3 heteroatoms. The highest BCUT2D eigenvalue weighted by molar-refractivity contribution is 5.74. The van der Waals surface area contributed by atoms with Gasteiger partial charge in [0.05, 0.1) is 7.11 Å². The topological polar surface area (TPSA) is 21.3 Å². The van der Waals surface area contributed by atoms with Crippen LogP contribution in [-0.2, 0) is 6.54 Å². The van der Waals surface area contributed by atoms with E-state index in [1.807, 2.05) is 25.1 Å². The Labute approximate surface area is 126 Å². The summed E-state index contributed by atoms with van der Waals surface area (Å²) in [6.07, 6.45) is 1.05. The molecule has 2 aromatic carbocycles. The van der Waals surface area contributed by atoms with Crippen LogP contribution < -0.4 is 10.1 Å². The van der Waals surface area contributed by atoms with Crippen molar-refractivity contribution in [2.75, 3.05) is 13.7 Å². The van der Waals surface area contributed by atoms with Gasteiger partial charge in [0, 0.05) is 12.1 Å². The van der Waals surface area contributed by atoms with Gasteiger partial charge in [-0.25, -0.2) is 4.39 Å². The number of hydrogen-bond donors (Lipinski definition) is 1. The van der Waals surface area contributed by atoms with Crippen molar-refractivity contribution in [2.24, 2.45) is 0 Å². The molecule has 0 bridgehead atoms. The van der Waals surface area contributed by atoms with Crippen LogP contribution in [0, 0.1) is 12.7 Å². The van der Waals surface area contributed by atoms with Crippen LogP contribution in [0.5, 0.6) is 5.75 Å². The molecular formula is C18H22FNO. The van der Waals surface area contributed by atoms with Gasteiger partial charge in [0.1, 0.15) is 11.6 Å². The van der Waals surface area contributed by atoms with E-state index in [1.165, 1.54) is 6.07 Å². The highest BCUT2D eigenvalue weighted by atomic mass is 19.1. The number of hydrogen-bond acceptors (Lipinski definition) is 2. The number of ether oxygens (including phenoxy) is 1. The first-order valence-electron chi connectivity index (χ1n) is 7.30. The number of nitrogens with one attached hydrogen (secondary N) is 1. The van der Waals surface area contributed by atoms with Crippen molar-refractivity contribution in [1.29, 1.82) is 0 Å². The largest absolute Gasteiger partial charge is 0.496 e. The predicted octanol–water partition coefficient (Wildman–Crippen LogP) is 4.31. The maximum absolute atomic E-state index is 13.6. The molecule has 2 nitrogen and oxygen atoms in total. The van der Waals surface area contributed by atoms with Crippen molar-refractivity contribution >= 4 is 0 Å². The second kappa shape index (κ2) is 7.23. The number of halogens is 1. The second-order valence-corrected chi connectivity index (χ2v) is 5.18. The minimum atomic E-state index is -0.210. The van der Waals surface area contributed by atoms with Crippen LogP contribution in [0.3, 0.4) is 0 Å². The third kappa shape index (κ3) is 3.82. The standard InChI is InChI=1S/C18H22FNO/c1-4-9-20-12-14-11-15(19)6-7-16(14)17-10-13(2)5-8-18(17)21-3/h5-8,10-11,20H,4,9,12H2,1-3H3. The van der Waals surface area contributed by atoms with Gasteiger partial charge >= 0.3 is 0 Å². The molecule has 1 N–H and O–H groups in total. The summed E-state index contributed by atoms with van der Waals surface area (Å²) in [4.78, 5) is 0. The molecule has 0 atom stereocenters. The normalized spacial score (nSPS) is 10.7. The molecule has 2 aromatic rings. The Morgan fingerprint density at radius 1 is 1.10 bits per heavy atom. The van der Waals surface area contributed by atoms with E-state index in [0.717, 1.165) is 41.0 Å². The monoisotopic (exact) mass is 287 g/mol. The van der Waals surface area contributed by atoms with Crippen LogP contribution in [0.25, 0.3) is 11.1 Å². The van der Waals surface area contributed by atoms with Gasteiger partial charge in [-0.05, 0) is 55.3 Å². The van der Waals surface area contributed by atoms with Crippen molar-refractivity contribution in [3.05, 3.63) is 53.3 Å². The summed E-state index contributed by atoms with van der Waals surface area (Å²) < 4.78 is 19.0. The van der Waals surface area contributed by atoms with E-state index in [1.54, 1.807) is 13.2 Å². The SMILES string of the molecule is CCCNCc1cc(F)ccc1-c1cc(C)ccc1OC. The van der Waals surface area contributed by atoms with E-state index < -0.39 is 0 Å². The first kappa shape index (κ1) is 15.5. The molecule has 0 unspecified atom stereocenters. The van der Waals surface area contributed by atoms with Crippen LogP contribution in [0.4, 0.5) is 4.39 Å². The fourth-order valence-electron chi connectivity index (χ4n) is 2.40.